The van der Waals surface area contributed by atoms with Gasteiger partial charge in [-0.2, -0.15) is 9.13 Å². The molecule has 0 amide bonds. The Morgan fingerprint density at radius 1 is 0.706 bits per heavy atom. The van der Waals surface area contributed by atoms with Gasteiger partial charge in [0.05, 0.1) is 28.0 Å². The highest BCUT2D eigenvalue weighted by Gasteiger charge is 2.46. The van der Waals surface area contributed by atoms with E-state index in [9.17, 15) is 0 Å². The molecule has 12 rings (SSSR count). The highest BCUT2D eigenvalue weighted by molar-refractivity contribution is 7.26. The third kappa shape index (κ3) is 3.58. The standard InChI is InChI=1S/C47H33N3S/c1-27-17-21-40-37-25-38-33-13-9-14-36-44-41(22-20-35-32-12-5-6-16-43(32)51-47(35)44)50(46(33)36)42(38)24-29(37)18-19-34-30-10-3-4-11-31(30)39-15-7-8-23-48(39)45(34)28(2)49(40)26-27/h3-17,20-26,34,45H,2,18-19H2,1H3/q+2. The smallest absolute Gasteiger partial charge is 0.249 e. The Balaban J connectivity index is 1.16. The number of nitrogens with zero attached hydrogens (tertiary/aromatic N) is 3. The highest BCUT2D eigenvalue weighted by Crippen LogP contribution is 2.48. The molecule has 10 aromatic rings. The Bertz CT molecular complexity index is 3140. The van der Waals surface area contributed by atoms with E-state index in [2.05, 4.69) is 154 Å². The number of fused-ring (bicyclic) bond motifs is 19. The minimum absolute atomic E-state index is 0.0975. The number of allylic oxidation sites excluding steroid dienone is 1. The summed E-state index contributed by atoms with van der Waals surface area (Å²) in [5.41, 5.74) is 14.2. The first-order valence-electron chi connectivity index (χ1n) is 18.0. The first-order valence-corrected chi connectivity index (χ1v) is 18.8. The Labute approximate surface area is 298 Å². The average Bonchev–Trinajstić information content (AvgIpc) is 3.83. The summed E-state index contributed by atoms with van der Waals surface area (Å²) in [6.07, 6.45) is 6.56. The molecule has 2 unspecified atom stereocenters. The number of aryl methyl sites for hydroxylation is 2. The van der Waals surface area contributed by atoms with Crippen LogP contribution in [-0.2, 0) is 6.42 Å². The van der Waals surface area contributed by atoms with Gasteiger partial charge in [-0.25, -0.2) is 0 Å². The molecule has 5 aromatic carbocycles. The lowest BCUT2D eigenvalue weighted by Gasteiger charge is -2.29. The number of thiophene rings is 1. The largest absolute Gasteiger partial charge is 0.308 e. The van der Waals surface area contributed by atoms with Crippen molar-refractivity contribution in [3.05, 3.63) is 157 Å². The van der Waals surface area contributed by atoms with Gasteiger partial charge in [0.1, 0.15) is 0 Å². The topological polar surface area (TPSA) is 12.2 Å². The summed E-state index contributed by atoms with van der Waals surface area (Å²) in [5, 5.41) is 8.06. The Morgan fingerprint density at radius 3 is 2.51 bits per heavy atom. The maximum atomic E-state index is 4.91. The van der Waals surface area contributed by atoms with Crippen LogP contribution in [0.2, 0.25) is 0 Å². The summed E-state index contributed by atoms with van der Waals surface area (Å²) in [5.74, 6) is 0.284. The van der Waals surface area contributed by atoms with Gasteiger partial charge in [0.15, 0.2) is 12.4 Å². The van der Waals surface area contributed by atoms with Gasteiger partial charge in [-0.3, -0.25) is 0 Å². The molecule has 51 heavy (non-hydrogen) atoms. The van der Waals surface area contributed by atoms with Gasteiger partial charge in [-0.15, -0.1) is 11.3 Å². The second kappa shape index (κ2) is 9.90. The quantitative estimate of drug-likeness (QED) is 0.142. The fourth-order valence-electron chi connectivity index (χ4n) is 9.84. The second-order valence-corrected chi connectivity index (χ2v) is 15.7. The van der Waals surface area contributed by atoms with E-state index < -0.39 is 0 Å². The predicted molar refractivity (Wildman–Crippen MR) is 212 cm³/mol. The zero-order valence-electron chi connectivity index (χ0n) is 28.2. The van der Waals surface area contributed by atoms with Crippen LogP contribution in [0.15, 0.2) is 140 Å². The van der Waals surface area contributed by atoms with E-state index in [4.69, 9.17) is 6.58 Å². The van der Waals surface area contributed by atoms with Gasteiger partial charge in [-0.1, -0.05) is 60.7 Å². The third-order valence-electron chi connectivity index (χ3n) is 12.0. The number of para-hydroxylation sites is 1. The van der Waals surface area contributed by atoms with Gasteiger partial charge >= 0.3 is 0 Å². The number of rotatable bonds is 0. The summed E-state index contributed by atoms with van der Waals surface area (Å²) >= 11 is 1.93. The van der Waals surface area contributed by atoms with Crippen molar-refractivity contribution in [2.45, 2.75) is 31.7 Å². The summed E-state index contributed by atoms with van der Waals surface area (Å²) in [7, 11) is 0. The van der Waals surface area contributed by atoms with E-state index in [0.29, 0.717) is 0 Å². The molecule has 7 heterocycles. The van der Waals surface area contributed by atoms with Crippen LogP contribution in [0.4, 0.5) is 0 Å². The molecular weight excluding hydrogens is 639 g/mol. The van der Waals surface area contributed by atoms with Crippen molar-refractivity contribution in [3.8, 4) is 22.5 Å². The molecule has 0 saturated heterocycles. The van der Waals surface area contributed by atoms with Crippen LogP contribution in [0, 0.1) is 6.92 Å². The molecule has 0 radical (unpaired) electrons. The lowest BCUT2D eigenvalue weighted by atomic mass is 9.78. The van der Waals surface area contributed by atoms with E-state index in [-0.39, 0.29) is 12.0 Å². The lowest BCUT2D eigenvalue weighted by Crippen LogP contribution is -2.53. The van der Waals surface area contributed by atoms with Crippen molar-refractivity contribution in [1.29, 1.82) is 0 Å². The average molecular weight is 672 g/mol. The van der Waals surface area contributed by atoms with Crippen molar-refractivity contribution in [2.24, 2.45) is 0 Å². The highest BCUT2D eigenvalue weighted by atomic mass is 32.1. The van der Waals surface area contributed by atoms with Gasteiger partial charge in [-0.05, 0) is 79.9 Å². The first kappa shape index (κ1) is 27.9. The van der Waals surface area contributed by atoms with E-state index in [0.717, 1.165) is 18.5 Å². The molecule has 3 nitrogen and oxygen atoms in total. The molecule has 0 fully saturated rings. The number of hydrogen-bond acceptors (Lipinski definition) is 1. The number of hydrogen-bond donors (Lipinski definition) is 0. The zero-order chi connectivity index (χ0) is 33.5. The summed E-state index contributed by atoms with van der Waals surface area (Å²) < 4.78 is 10.2. The molecular formula is C47H33N3S+2. The van der Waals surface area contributed by atoms with Gasteiger partial charge in [0.25, 0.3) is 0 Å². The Morgan fingerprint density at radius 2 is 1.55 bits per heavy atom. The fourth-order valence-corrected chi connectivity index (χ4v) is 11.1. The monoisotopic (exact) mass is 671 g/mol. The minimum Gasteiger partial charge on any atom is -0.308 e. The van der Waals surface area contributed by atoms with Gasteiger partial charge < -0.3 is 4.40 Å². The Hall–Kier alpha value is -5.84. The van der Waals surface area contributed by atoms with Crippen molar-refractivity contribution in [3.63, 3.8) is 0 Å². The molecule has 0 aliphatic carbocycles. The van der Waals surface area contributed by atoms with Gasteiger partial charge in [0, 0.05) is 71.0 Å². The molecule has 4 heteroatoms. The minimum atomic E-state index is 0.0975. The molecule has 2 aliphatic rings. The molecule has 2 atom stereocenters. The van der Waals surface area contributed by atoms with Crippen LogP contribution in [0.1, 0.15) is 35.1 Å². The maximum Gasteiger partial charge on any atom is 0.249 e. The van der Waals surface area contributed by atoms with Crippen LogP contribution in [-0.4, -0.2) is 4.40 Å². The zero-order valence-corrected chi connectivity index (χ0v) is 29.0. The van der Waals surface area contributed by atoms with Crippen molar-refractivity contribution in [2.75, 3.05) is 0 Å². The predicted octanol–water partition coefficient (Wildman–Crippen LogP) is 11.2. The SMILES string of the molecule is C=C1C2C(CCc3cc4c(cc3-c3ccc(C)c[n+]31)c1cccc3c5c6sc7ccccc7c6ccc5n4c13)c1ccccc1-c1cccc[n+]12. The van der Waals surface area contributed by atoms with Crippen LogP contribution in [0.5, 0.6) is 0 Å². The fraction of sp³-hybridized carbons (Fsp3) is 0.106. The number of aromatic nitrogens is 3. The molecule has 5 aromatic heterocycles. The summed E-state index contributed by atoms with van der Waals surface area (Å²) in [6, 6.07) is 45.8. The molecule has 0 bridgehead atoms. The molecule has 0 spiro atoms. The number of pyridine rings is 2. The van der Waals surface area contributed by atoms with E-state index >= 15 is 0 Å². The normalized spacial score (nSPS) is 17.0. The van der Waals surface area contributed by atoms with Crippen LogP contribution >= 0.6 is 11.3 Å². The van der Waals surface area contributed by atoms with Crippen LogP contribution < -0.4 is 9.13 Å². The van der Waals surface area contributed by atoms with Crippen LogP contribution in [0.3, 0.4) is 0 Å². The van der Waals surface area contributed by atoms with E-state index in [1.54, 1.807) is 0 Å². The third-order valence-corrected chi connectivity index (χ3v) is 13.2. The molecule has 0 N–H and O–H groups in total. The first-order chi connectivity index (χ1) is 25.1. The van der Waals surface area contributed by atoms with Crippen molar-refractivity contribution < 1.29 is 9.13 Å². The summed E-state index contributed by atoms with van der Waals surface area (Å²) in [4.78, 5) is 0. The lowest BCUT2D eigenvalue weighted by molar-refractivity contribution is -0.727. The number of benzene rings is 5. The Kier molecular flexibility index (Phi) is 5.42. The molecule has 240 valence electrons. The van der Waals surface area contributed by atoms with E-state index in [1.807, 2.05) is 11.3 Å². The van der Waals surface area contributed by atoms with Crippen molar-refractivity contribution in [1.82, 2.24) is 4.40 Å². The van der Waals surface area contributed by atoms with Crippen molar-refractivity contribution >= 4 is 75.3 Å². The van der Waals surface area contributed by atoms with E-state index in [1.165, 1.54) is 97.5 Å². The van der Waals surface area contributed by atoms with Gasteiger partial charge in [0.2, 0.25) is 23.1 Å². The summed E-state index contributed by atoms with van der Waals surface area (Å²) in [6.45, 7) is 7.10. The molecule has 2 aliphatic heterocycles. The maximum absolute atomic E-state index is 4.91. The second-order valence-electron chi connectivity index (χ2n) is 14.6. The molecule has 0 saturated carbocycles. The van der Waals surface area contributed by atoms with Crippen LogP contribution in [0.25, 0.3) is 86.5 Å².